The molecule has 0 N–H and O–H groups in total. The van der Waals surface area contributed by atoms with E-state index >= 15 is 0 Å². The first kappa shape index (κ1) is 21.3. The third-order valence-electron chi connectivity index (χ3n) is 4.99. The molecule has 1 aliphatic heterocycles. The van der Waals surface area contributed by atoms with Crippen molar-refractivity contribution in [1.82, 2.24) is 9.80 Å². The molecule has 1 fully saturated rings. The average molecular weight is 375 g/mol. The van der Waals surface area contributed by atoms with Gasteiger partial charge in [0.1, 0.15) is 12.1 Å². The van der Waals surface area contributed by atoms with Crippen LogP contribution in [0.5, 0.6) is 0 Å². The van der Waals surface area contributed by atoms with Gasteiger partial charge in [-0.1, -0.05) is 58.0 Å². The fourth-order valence-corrected chi connectivity index (χ4v) is 3.74. The summed E-state index contributed by atoms with van der Waals surface area (Å²) in [6, 6.07) is 9.62. The van der Waals surface area contributed by atoms with Gasteiger partial charge in [-0.15, -0.1) is 0 Å². The molecule has 1 aromatic carbocycles. The molecule has 0 aromatic heterocycles. The summed E-state index contributed by atoms with van der Waals surface area (Å²) in [5, 5.41) is 0. The van der Waals surface area contributed by atoms with Crippen LogP contribution in [0.2, 0.25) is 0 Å². The number of carbonyl (C=O) groups is 2. The molecule has 1 saturated heterocycles. The largest absolute Gasteiger partial charge is 0.445 e. The van der Waals surface area contributed by atoms with Crippen molar-refractivity contribution in [2.45, 2.75) is 59.6 Å². The number of hydrogen-bond donors (Lipinski definition) is 0. The Hall–Kier alpha value is -2.04. The minimum absolute atomic E-state index is 0.0408. The number of hydrogen-bond acceptors (Lipinski definition) is 3. The Morgan fingerprint density at radius 1 is 1.11 bits per heavy atom. The summed E-state index contributed by atoms with van der Waals surface area (Å²) in [7, 11) is 0. The van der Waals surface area contributed by atoms with Crippen LogP contribution in [-0.2, 0) is 16.1 Å². The van der Waals surface area contributed by atoms with Gasteiger partial charge in [-0.3, -0.25) is 9.69 Å². The Bertz CT molecular complexity index is 620. The van der Waals surface area contributed by atoms with Gasteiger partial charge in [0, 0.05) is 19.6 Å². The lowest BCUT2D eigenvalue weighted by Crippen LogP contribution is -2.57. The van der Waals surface area contributed by atoms with Crippen molar-refractivity contribution < 1.29 is 14.3 Å². The Labute approximate surface area is 163 Å². The highest BCUT2D eigenvalue weighted by molar-refractivity contribution is 5.90. The van der Waals surface area contributed by atoms with Crippen molar-refractivity contribution in [3.63, 3.8) is 0 Å². The summed E-state index contributed by atoms with van der Waals surface area (Å²) < 4.78 is 5.52. The summed E-state index contributed by atoms with van der Waals surface area (Å²) in [5.74, 6) is 0.812. The normalized spacial score (nSPS) is 19.6. The van der Waals surface area contributed by atoms with Crippen LogP contribution in [0.3, 0.4) is 0 Å². The zero-order valence-corrected chi connectivity index (χ0v) is 17.4. The Balaban J connectivity index is 2.10. The van der Waals surface area contributed by atoms with Crippen molar-refractivity contribution in [2.75, 3.05) is 19.6 Å². The molecular weight excluding hydrogens is 340 g/mol. The zero-order valence-electron chi connectivity index (χ0n) is 17.4. The molecule has 0 radical (unpaired) electrons. The lowest BCUT2D eigenvalue weighted by atomic mass is 9.95. The molecule has 5 heteroatoms. The first-order valence-electron chi connectivity index (χ1n) is 10.0. The van der Waals surface area contributed by atoms with Crippen LogP contribution in [0.25, 0.3) is 0 Å². The van der Waals surface area contributed by atoms with E-state index in [-0.39, 0.29) is 12.5 Å². The highest BCUT2D eigenvalue weighted by Crippen LogP contribution is 2.32. The van der Waals surface area contributed by atoms with Gasteiger partial charge in [-0.25, -0.2) is 4.79 Å². The number of amides is 2. The zero-order chi connectivity index (χ0) is 20.0. The molecule has 5 nitrogen and oxygen atoms in total. The molecule has 0 bridgehead atoms. The Morgan fingerprint density at radius 2 is 1.70 bits per heavy atom. The van der Waals surface area contributed by atoms with Crippen molar-refractivity contribution >= 4 is 12.0 Å². The van der Waals surface area contributed by atoms with Gasteiger partial charge in [-0.2, -0.15) is 0 Å². The van der Waals surface area contributed by atoms with Gasteiger partial charge in [-0.05, 0) is 37.2 Å². The number of likely N-dealkylation sites (tertiary alicyclic amines) is 1. The van der Waals surface area contributed by atoms with E-state index < -0.39 is 11.6 Å². The predicted octanol–water partition coefficient (Wildman–Crippen LogP) is 4.32. The number of rotatable bonds is 7. The Kier molecular flexibility index (Phi) is 7.28. The average Bonchev–Trinajstić information content (AvgIpc) is 3.01. The van der Waals surface area contributed by atoms with E-state index in [1.807, 2.05) is 42.2 Å². The van der Waals surface area contributed by atoms with Crippen molar-refractivity contribution in [3.8, 4) is 0 Å². The topological polar surface area (TPSA) is 49.9 Å². The van der Waals surface area contributed by atoms with Gasteiger partial charge in [0.15, 0.2) is 0 Å². The van der Waals surface area contributed by atoms with Gasteiger partial charge in [0.25, 0.3) is 0 Å². The molecule has 1 aromatic rings. The van der Waals surface area contributed by atoms with Crippen molar-refractivity contribution in [3.05, 3.63) is 35.9 Å². The third-order valence-corrected chi connectivity index (χ3v) is 4.99. The minimum atomic E-state index is -0.822. The molecule has 0 spiro atoms. The van der Waals surface area contributed by atoms with Gasteiger partial charge >= 0.3 is 6.09 Å². The number of nitrogens with zero attached hydrogens (tertiary/aromatic N) is 2. The van der Waals surface area contributed by atoms with E-state index in [9.17, 15) is 9.59 Å². The van der Waals surface area contributed by atoms with Crippen LogP contribution < -0.4 is 0 Å². The van der Waals surface area contributed by atoms with Gasteiger partial charge in [0.2, 0.25) is 5.91 Å². The van der Waals surface area contributed by atoms with E-state index in [0.29, 0.717) is 37.9 Å². The lowest BCUT2D eigenvalue weighted by Gasteiger charge is -2.38. The smallest absolute Gasteiger partial charge is 0.410 e. The number of ether oxygens (including phenoxy) is 1. The summed E-state index contributed by atoms with van der Waals surface area (Å²) in [5.41, 5.74) is 0.122. The molecular formula is C22H34N2O3. The van der Waals surface area contributed by atoms with E-state index in [1.54, 1.807) is 4.90 Å². The number of carbonyl (C=O) groups excluding carboxylic acids is 2. The maximum atomic E-state index is 13.4. The lowest BCUT2D eigenvalue weighted by molar-refractivity contribution is -0.142. The third kappa shape index (κ3) is 5.47. The molecule has 1 atom stereocenters. The standard InChI is InChI=1S/C22H34N2O3/c1-17(2)14-23(15-18(3)4)20(25)22(5)12-9-13-24(22)21(26)27-16-19-10-7-6-8-11-19/h6-8,10-11,17-18H,9,12-16H2,1-5H3. The van der Waals surface area contributed by atoms with Crippen molar-refractivity contribution in [1.29, 1.82) is 0 Å². The summed E-state index contributed by atoms with van der Waals surface area (Å²) in [6.45, 7) is 12.5. The number of benzene rings is 1. The highest BCUT2D eigenvalue weighted by Gasteiger charge is 2.48. The van der Waals surface area contributed by atoms with E-state index in [2.05, 4.69) is 27.7 Å². The second-order valence-electron chi connectivity index (χ2n) is 8.57. The molecule has 0 saturated carbocycles. The SMILES string of the molecule is CC(C)CN(CC(C)C)C(=O)C1(C)CCCN1C(=O)OCc1ccccc1. The van der Waals surface area contributed by atoms with E-state index in [4.69, 9.17) is 4.74 Å². The summed E-state index contributed by atoms with van der Waals surface area (Å²) in [6.07, 6.45) is 1.10. The fourth-order valence-electron chi connectivity index (χ4n) is 3.74. The predicted molar refractivity (Wildman–Crippen MR) is 107 cm³/mol. The van der Waals surface area contributed by atoms with E-state index in [0.717, 1.165) is 12.0 Å². The van der Waals surface area contributed by atoms with E-state index in [1.165, 1.54) is 0 Å². The molecule has 2 amide bonds. The van der Waals surface area contributed by atoms with Crippen LogP contribution in [0.15, 0.2) is 30.3 Å². The van der Waals surface area contributed by atoms with Crippen LogP contribution in [-0.4, -0.2) is 47.0 Å². The molecule has 1 aliphatic rings. The maximum absolute atomic E-state index is 13.4. The summed E-state index contributed by atoms with van der Waals surface area (Å²) in [4.78, 5) is 29.7. The molecule has 27 heavy (non-hydrogen) atoms. The summed E-state index contributed by atoms with van der Waals surface area (Å²) >= 11 is 0. The van der Waals surface area contributed by atoms with Crippen LogP contribution in [0, 0.1) is 11.8 Å². The van der Waals surface area contributed by atoms with Crippen LogP contribution in [0.1, 0.15) is 53.0 Å². The monoisotopic (exact) mass is 374 g/mol. The second-order valence-corrected chi connectivity index (χ2v) is 8.57. The van der Waals surface area contributed by atoms with Crippen LogP contribution in [0.4, 0.5) is 4.79 Å². The molecule has 2 rings (SSSR count). The van der Waals surface area contributed by atoms with Gasteiger partial charge < -0.3 is 9.64 Å². The molecule has 1 heterocycles. The van der Waals surface area contributed by atoms with Gasteiger partial charge in [0.05, 0.1) is 0 Å². The second kappa shape index (κ2) is 9.25. The van der Waals surface area contributed by atoms with Crippen molar-refractivity contribution in [2.24, 2.45) is 11.8 Å². The maximum Gasteiger partial charge on any atom is 0.410 e. The minimum Gasteiger partial charge on any atom is -0.445 e. The van der Waals surface area contributed by atoms with Crippen LogP contribution >= 0.6 is 0 Å². The first-order valence-corrected chi connectivity index (χ1v) is 10.0. The molecule has 1 unspecified atom stereocenters. The highest BCUT2D eigenvalue weighted by atomic mass is 16.6. The first-order chi connectivity index (χ1) is 12.7. The quantitative estimate of drug-likeness (QED) is 0.714. The molecule has 0 aliphatic carbocycles. The molecule has 150 valence electrons. The fraction of sp³-hybridized carbons (Fsp3) is 0.636. The Morgan fingerprint density at radius 3 is 2.26 bits per heavy atom.